The van der Waals surface area contributed by atoms with Gasteiger partial charge in [-0.3, -0.25) is 4.79 Å². The maximum absolute atomic E-state index is 12.4. The van der Waals surface area contributed by atoms with Crippen LogP contribution in [0, 0.1) is 0 Å². The molecule has 0 radical (unpaired) electrons. The molecule has 1 atom stereocenters. The number of aromatic nitrogens is 3. The minimum Gasteiger partial charge on any atom is -0.383 e. The number of carbonyl (C=O) groups is 1. The maximum Gasteiger partial charge on any atom is 0.252 e. The highest BCUT2D eigenvalue weighted by atomic mass is 32.2. The van der Waals surface area contributed by atoms with Gasteiger partial charge >= 0.3 is 0 Å². The van der Waals surface area contributed by atoms with Crippen molar-refractivity contribution in [2.45, 2.75) is 24.4 Å². The second kappa shape index (κ2) is 7.95. The van der Waals surface area contributed by atoms with Crippen molar-refractivity contribution in [2.75, 3.05) is 20.0 Å². The van der Waals surface area contributed by atoms with E-state index >= 15 is 0 Å². The molecule has 0 spiro atoms. The summed E-state index contributed by atoms with van der Waals surface area (Å²) in [6.07, 6.45) is 3.60. The molecule has 1 N–H and O–H groups in total. The number of nitrogens with zero attached hydrogens (tertiary/aromatic N) is 3. The minimum absolute atomic E-state index is 0.112. The predicted molar refractivity (Wildman–Crippen MR) is 86.0 cm³/mol. The normalized spacial score (nSPS) is 12.1. The molecule has 2 aromatic rings. The molecule has 0 aliphatic heterocycles. The van der Waals surface area contributed by atoms with Gasteiger partial charge in [-0.15, -0.1) is 22.0 Å². The lowest BCUT2D eigenvalue weighted by Crippen LogP contribution is -2.29. The summed E-state index contributed by atoms with van der Waals surface area (Å²) in [5.74, 6) is 0.603. The molecule has 1 heterocycles. The van der Waals surface area contributed by atoms with Crippen LogP contribution in [-0.4, -0.2) is 40.6 Å². The molecule has 0 aliphatic carbocycles. The van der Waals surface area contributed by atoms with Crippen LogP contribution in [0.15, 0.2) is 35.5 Å². The second-order valence-corrected chi connectivity index (χ2v) is 5.62. The number of ether oxygens (including phenoxy) is 1. The number of methoxy groups -OCH3 is 1. The van der Waals surface area contributed by atoms with E-state index in [9.17, 15) is 4.79 Å². The standard InChI is InChI=1S/C15H20N4O2S/c1-11(14-18-16-10-19(14)8-9-21-2)17-15(20)12-6-4-5-7-13(12)22-3/h4-7,10-11H,8-9H2,1-3H3,(H,17,20)/t11-/m0/s1. The van der Waals surface area contributed by atoms with E-state index in [0.29, 0.717) is 24.5 Å². The van der Waals surface area contributed by atoms with Crippen molar-refractivity contribution in [3.05, 3.63) is 42.0 Å². The molecule has 7 heteroatoms. The first-order chi connectivity index (χ1) is 10.7. The van der Waals surface area contributed by atoms with Crippen LogP contribution in [0.25, 0.3) is 0 Å². The highest BCUT2D eigenvalue weighted by Gasteiger charge is 2.18. The quantitative estimate of drug-likeness (QED) is 0.792. The van der Waals surface area contributed by atoms with Gasteiger partial charge in [0.1, 0.15) is 6.33 Å². The molecule has 1 aromatic carbocycles. The number of benzene rings is 1. The average molecular weight is 320 g/mol. The lowest BCUT2D eigenvalue weighted by Gasteiger charge is -2.15. The zero-order valence-corrected chi connectivity index (χ0v) is 13.8. The minimum atomic E-state index is -0.234. The summed E-state index contributed by atoms with van der Waals surface area (Å²) in [4.78, 5) is 13.4. The smallest absolute Gasteiger partial charge is 0.252 e. The van der Waals surface area contributed by atoms with Crippen LogP contribution in [0.5, 0.6) is 0 Å². The molecule has 0 saturated carbocycles. The van der Waals surface area contributed by atoms with Gasteiger partial charge in [0.25, 0.3) is 5.91 Å². The van der Waals surface area contributed by atoms with Crippen LogP contribution in [-0.2, 0) is 11.3 Å². The molecule has 0 aliphatic rings. The molecule has 118 valence electrons. The lowest BCUT2D eigenvalue weighted by molar-refractivity contribution is 0.0934. The number of hydrogen-bond acceptors (Lipinski definition) is 5. The van der Waals surface area contributed by atoms with E-state index in [2.05, 4.69) is 15.5 Å². The number of nitrogens with one attached hydrogen (secondary N) is 1. The van der Waals surface area contributed by atoms with E-state index in [-0.39, 0.29) is 11.9 Å². The van der Waals surface area contributed by atoms with Crippen molar-refractivity contribution in [1.82, 2.24) is 20.1 Å². The third-order valence-electron chi connectivity index (χ3n) is 3.27. The van der Waals surface area contributed by atoms with Gasteiger partial charge in [0.15, 0.2) is 5.82 Å². The molecule has 0 fully saturated rings. The highest BCUT2D eigenvalue weighted by Crippen LogP contribution is 2.20. The van der Waals surface area contributed by atoms with Gasteiger partial charge < -0.3 is 14.6 Å². The number of amides is 1. The monoisotopic (exact) mass is 320 g/mol. The van der Waals surface area contributed by atoms with Gasteiger partial charge in [-0.25, -0.2) is 0 Å². The molecular formula is C15H20N4O2S. The van der Waals surface area contributed by atoms with Crippen LogP contribution in [0.2, 0.25) is 0 Å². The first-order valence-electron chi connectivity index (χ1n) is 6.98. The van der Waals surface area contributed by atoms with Crippen LogP contribution < -0.4 is 5.32 Å². The molecule has 22 heavy (non-hydrogen) atoms. The van der Waals surface area contributed by atoms with Crippen molar-refractivity contribution < 1.29 is 9.53 Å². The first-order valence-corrected chi connectivity index (χ1v) is 8.20. The predicted octanol–water partition coefficient (Wildman–Crippen LogP) is 2.14. The fourth-order valence-electron chi connectivity index (χ4n) is 2.13. The number of carbonyl (C=O) groups excluding carboxylic acids is 1. The van der Waals surface area contributed by atoms with Gasteiger partial charge in [-0.1, -0.05) is 12.1 Å². The Morgan fingerprint density at radius 1 is 1.45 bits per heavy atom. The van der Waals surface area contributed by atoms with Crippen LogP contribution >= 0.6 is 11.8 Å². The summed E-state index contributed by atoms with van der Waals surface area (Å²) < 4.78 is 6.95. The van der Waals surface area contributed by atoms with Gasteiger partial charge in [-0.2, -0.15) is 0 Å². The summed E-state index contributed by atoms with van der Waals surface area (Å²) in [6.45, 7) is 3.12. The number of hydrogen-bond donors (Lipinski definition) is 1. The summed E-state index contributed by atoms with van der Waals surface area (Å²) in [5.41, 5.74) is 0.671. The summed E-state index contributed by atoms with van der Waals surface area (Å²) in [6, 6.07) is 7.31. The molecule has 0 saturated heterocycles. The largest absolute Gasteiger partial charge is 0.383 e. The van der Waals surface area contributed by atoms with E-state index in [1.165, 1.54) is 0 Å². The maximum atomic E-state index is 12.4. The molecular weight excluding hydrogens is 300 g/mol. The van der Waals surface area contributed by atoms with E-state index in [1.807, 2.05) is 42.0 Å². The van der Waals surface area contributed by atoms with Crippen molar-refractivity contribution in [3.63, 3.8) is 0 Å². The Hall–Kier alpha value is -1.86. The molecule has 2 rings (SSSR count). The van der Waals surface area contributed by atoms with Crippen LogP contribution in [0.3, 0.4) is 0 Å². The van der Waals surface area contributed by atoms with Crippen molar-refractivity contribution in [2.24, 2.45) is 0 Å². The third-order valence-corrected chi connectivity index (χ3v) is 4.06. The fraction of sp³-hybridized carbons (Fsp3) is 0.400. The van der Waals surface area contributed by atoms with E-state index in [4.69, 9.17) is 4.74 Å². The lowest BCUT2D eigenvalue weighted by atomic mass is 10.2. The SMILES string of the molecule is COCCn1cnnc1[C@H](C)NC(=O)c1ccccc1SC. The van der Waals surface area contributed by atoms with Gasteiger partial charge in [0.05, 0.1) is 18.2 Å². The van der Waals surface area contributed by atoms with Gasteiger partial charge in [0, 0.05) is 18.6 Å². The molecule has 1 aromatic heterocycles. The third kappa shape index (κ3) is 3.86. The Balaban J connectivity index is 2.10. The molecule has 1 amide bonds. The van der Waals surface area contributed by atoms with Crippen molar-refractivity contribution in [1.29, 1.82) is 0 Å². The Bertz CT molecular complexity index is 630. The zero-order chi connectivity index (χ0) is 15.9. The van der Waals surface area contributed by atoms with E-state index in [0.717, 1.165) is 4.90 Å². The van der Waals surface area contributed by atoms with Crippen molar-refractivity contribution in [3.8, 4) is 0 Å². The number of thioether (sulfide) groups is 1. The summed E-state index contributed by atoms with van der Waals surface area (Å²) in [5, 5.41) is 11.0. The van der Waals surface area contributed by atoms with Crippen LogP contribution in [0.4, 0.5) is 0 Å². The summed E-state index contributed by atoms with van der Waals surface area (Å²) >= 11 is 1.55. The van der Waals surface area contributed by atoms with Gasteiger partial charge in [-0.05, 0) is 25.3 Å². The Morgan fingerprint density at radius 3 is 2.95 bits per heavy atom. The fourth-order valence-corrected chi connectivity index (χ4v) is 2.73. The van der Waals surface area contributed by atoms with Crippen LogP contribution in [0.1, 0.15) is 29.1 Å². The Morgan fingerprint density at radius 2 is 2.23 bits per heavy atom. The Labute approximate surface area is 134 Å². The van der Waals surface area contributed by atoms with Crippen molar-refractivity contribution >= 4 is 17.7 Å². The topological polar surface area (TPSA) is 69.0 Å². The Kier molecular flexibility index (Phi) is 5.97. The molecule has 0 bridgehead atoms. The van der Waals surface area contributed by atoms with E-state index < -0.39 is 0 Å². The molecule has 0 unspecified atom stereocenters. The highest BCUT2D eigenvalue weighted by molar-refractivity contribution is 7.98. The van der Waals surface area contributed by atoms with Gasteiger partial charge in [0.2, 0.25) is 0 Å². The van der Waals surface area contributed by atoms with E-state index in [1.54, 1.807) is 25.2 Å². The molecule has 6 nitrogen and oxygen atoms in total. The summed E-state index contributed by atoms with van der Waals surface area (Å²) in [7, 11) is 1.65. The zero-order valence-electron chi connectivity index (χ0n) is 12.9. The number of rotatable bonds is 7. The average Bonchev–Trinajstić information content (AvgIpc) is 3.01. The second-order valence-electron chi connectivity index (χ2n) is 4.77. The first kappa shape index (κ1) is 16.5.